The van der Waals surface area contributed by atoms with Gasteiger partial charge in [-0.3, -0.25) is 9.69 Å². The van der Waals surface area contributed by atoms with E-state index in [0.29, 0.717) is 18.9 Å². The molecule has 0 aromatic carbocycles. The number of carbonyl (C=O) groups excluding carboxylic acids is 1. The largest absolute Gasteiger partial charge is 0.353 e. The molecule has 0 fully saturated rings. The first-order valence-electron chi connectivity index (χ1n) is 5.91. The summed E-state index contributed by atoms with van der Waals surface area (Å²) in [6.45, 7) is 4.83. The van der Waals surface area contributed by atoms with Gasteiger partial charge in [0.05, 0.1) is 12.2 Å². The molecule has 0 atom stereocenters. The van der Waals surface area contributed by atoms with Crippen molar-refractivity contribution in [1.82, 2.24) is 15.2 Å². The first-order chi connectivity index (χ1) is 8.51. The van der Waals surface area contributed by atoms with Gasteiger partial charge in [0.2, 0.25) is 5.91 Å². The van der Waals surface area contributed by atoms with Crippen LogP contribution in [-0.4, -0.2) is 35.4 Å². The third-order valence-electron chi connectivity index (χ3n) is 2.25. The number of nitrogens with zero attached hydrogens (tertiary/aromatic N) is 2. The molecule has 4 N–H and O–H groups in total. The van der Waals surface area contributed by atoms with E-state index in [9.17, 15) is 4.79 Å². The van der Waals surface area contributed by atoms with Crippen LogP contribution in [0.15, 0.2) is 18.2 Å². The highest BCUT2D eigenvalue weighted by molar-refractivity contribution is 5.78. The van der Waals surface area contributed by atoms with Crippen LogP contribution < -0.4 is 16.6 Å². The number of likely N-dealkylation sites (N-methyl/N-ethyl adjacent to an activating group) is 1. The van der Waals surface area contributed by atoms with E-state index in [1.54, 1.807) is 6.07 Å². The maximum atomic E-state index is 11.6. The fraction of sp³-hybridized carbons (Fsp3) is 0.500. The van der Waals surface area contributed by atoms with E-state index in [-0.39, 0.29) is 11.9 Å². The number of nitrogens with two attached hydrogens (primary N) is 1. The molecule has 0 radical (unpaired) electrons. The fourth-order valence-electron chi connectivity index (χ4n) is 1.59. The smallest absolute Gasteiger partial charge is 0.234 e. The molecule has 1 amide bonds. The topological polar surface area (TPSA) is 83.3 Å². The van der Waals surface area contributed by atoms with Crippen LogP contribution in [0.4, 0.5) is 5.82 Å². The molecule has 6 nitrogen and oxygen atoms in total. The number of carbonyl (C=O) groups is 1. The normalized spacial score (nSPS) is 10.8. The number of amides is 1. The molecule has 18 heavy (non-hydrogen) atoms. The minimum absolute atomic E-state index is 0.0144. The number of pyridine rings is 1. The van der Waals surface area contributed by atoms with Crippen LogP contribution in [0.3, 0.4) is 0 Å². The Morgan fingerprint density at radius 3 is 2.83 bits per heavy atom. The lowest BCUT2D eigenvalue weighted by atomic mass is 10.3. The van der Waals surface area contributed by atoms with Crippen molar-refractivity contribution in [3.05, 3.63) is 23.9 Å². The van der Waals surface area contributed by atoms with Gasteiger partial charge in [0, 0.05) is 12.6 Å². The summed E-state index contributed by atoms with van der Waals surface area (Å²) in [5.74, 6) is 5.93. The molecule has 1 heterocycles. The van der Waals surface area contributed by atoms with Crippen molar-refractivity contribution in [2.45, 2.75) is 26.4 Å². The summed E-state index contributed by atoms with van der Waals surface area (Å²) in [5.41, 5.74) is 3.36. The van der Waals surface area contributed by atoms with Crippen molar-refractivity contribution in [2.24, 2.45) is 5.84 Å². The van der Waals surface area contributed by atoms with Crippen molar-refractivity contribution in [2.75, 3.05) is 19.0 Å². The first kappa shape index (κ1) is 14.4. The molecular formula is C12H21N5O. The van der Waals surface area contributed by atoms with E-state index in [0.717, 1.165) is 5.69 Å². The summed E-state index contributed by atoms with van der Waals surface area (Å²) in [5, 5.41) is 2.85. The molecular weight excluding hydrogens is 230 g/mol. The van der Waals surface area contributed by atoms with Gasteiger partial charge in [-0.25, -0.2) is 10.8 Å². The molecule has 1 aromatic heterocycles. The second kappa shape index (κ2) is 6.93. The Labute approximate surface area is 108 Å². The van der Waals surface area contributed by atoms with Gasteiger partial charge in [-0.1, -0.05) is 6.07 Å². The van der Waals surface area contributed by atoms with Gasteiger partial charge in [0.15, 0.2) is 0 Å². The van der Waals surface area contributed by atoms with Crippen molar-refractivity contribution >= 4 is 11.7 Å². The highest BCUT2D eigenvalue weighted by atomic mass is 16.2. The second-order valence-electron chi connectivity index (χ2n) is 4.55. The Kier molecular flexibility index (Phi) is 5.54. The fourth-order valence-corrected chi connectivity index (χ4v) is 1.59. The molecule has 0 aliphatic heterocycles. The summed E-state index contributed by atoms with van der Waals surface area (Å²) >= 11 is 0. The van der Waals surface area contributed by atoms with Gasteiger partial charge in [-0.05, 0) is 33.0 Å². The van der Waals surface area contributed by atoms with E-state index in [2.05, 4.69) is 15.7 Å². The average molecular weight is 251 g/mol. The van der Waals surface area contributed by atoms with E-state index < -0.39 is 0 Å². The monoisotopic (exact) mass is 251 g/mol. The summed E-state index contributed by atoms with van der Waals surface area (Å²) in [6, 6.07) is 5.72. The maximum absolute atomic E-state index is 11.6. The van der Waals surface area contributed by atoms with E-state index in [1.165, 1.54) is 0 Å². The zero-order valence-corrected chi connectivity index (χ0v) is 11.1. The minimum atomic E-state index is 0.0144. The Morgan fingerprint density at radius 2 is 2.22 bits per heavy atom. The summed E-state index contributed by atoms with van der Waals surface area (Å²) < 4.78 is 0. The summed E-state index contributed by atoms with van der Waals surface area (Å²) in [4.78, 5) is 17.8. The maximum Gasteiger partial charge on any atom is 0.234 e. The summed E-state index contributed by atoms with van der Waals surface area (Å²) in [7, 11) is 1.88. The molecule has 0 aliphatic carbocycles. The third-order valence-corrected chi connectivity index (χ3v) is 2.25. The number of anilines is 1. The molecule has 1 aromatic rings. The van der Waals surface area contributed by atoms with Gasteiger partial charge in [0.1, 0.15) is 5.82 Å². The Bertz CT molecular complexity index is 394. The number of rotatable bonds is 6. The van der Waals surface area contributed by atoms with Crippen LogP contribution >= 0.6 is 0 Å². The number of nitrogen functional groups attached to an aromatic ring is 1. The van der Waals surface area contributed by atoms with E-state index >= 15 is 0 Å². The van der Waals surface area contributed by atoms with Crippen LogP contribution in [0.1, 0.15) is 19.5 Å². The Balaban J connectivity index is 2.48. The Hall–Kier alpha value is -1.66. The number of hydrazine groups is 1. The lowest BCUT2D eigenvalue weighted by molar-refractivity contribution is -0.122. The minimum Gasteiger partial charge on any atom is -0.353 e. The van der Waals surface area contributed by atoms with Crippen molar-refractivity contribution < 1.29 is 4.79 Å². The molecule has 0 unspecified atom stereocenters. The molecule has 6 heteroatoms. The number of hydrogen-bond donors (Lipinski definition) is 3. The molecule has 0 spiro atoms. The number of hydrogen-bond acceptors (Lipinski definition) is 5. The van der Waals surface area contributed by atoms with Crippen molar-refractivity contribution in [3.63, 3.8) is 0 Å². The molecule has 0 bridgehead atoms. The summed E-state index contributed by atoms with van der Waals surface area (Å²) in [6.07, 6.45) is 0. The standard InChI is InChI=1S/C12H21N5O/c1-9(2)14-12(18)8-17(3)7-10-5-4-6-11(15-10)16-13/h4-6,9H,7-8,13H2,1-3H3,(H,14,18)(H,15,16). The Morgan fingerprint density at radius 1 is 1.50 bits per heavy atom. The van der Waals surface area contributed by atoms with Crippen LogP contribution in [0.2, 0.25) is 0 Å². The molecule has 1 rings (SSSR count). The zero-order chi connectivity index (χ0) is 13.5. The quantitative estimate of drug-likeness (QED) is 0.501. The molecule has 0 saturated heterocycles. The SMILES string of the molecule is CC(C)NC(=O)CN(C)Cc1cccc(NN)n1. The zero-order valence-electron chi connectivity index (χ0n) is 11.1. The van der Waals surface area contributed by atoms with E-state index in [4.69, 9.17) is 5.84 Å². The van der Waals surface area contributed by atoms with Crippen LogP contribution in [0.25, 0.3) is 0 Å². The highest BCUT2D eigenvalue weighted by Crippen LogP contribution is 2.05. The highest BCUT2D eigenvalue weighted by Gasteiger charge is 2.08. The van der Waals surface area contributed by atoms with Gasteiger partial charge in [0.25, 0.3) is 0 Å². The second-order valence-corrected chi connectivity index (χ2v) is 4.55. The van der Waals surface area contributed by atoms with E-state index in [1.807, 2.05) is 37.9 Å². The lowest BCUT2D eigenvalue weighted by Gasteiger charge is -2.17. The van der Waals surface area contributed by atoms with Gasteiger partial charge in [-0.2, -0.15) is 0 Å². The van der Waals surface area contributed by atoms with Gasteiger partial charge >= 0.3 is 0 Å². The predicted octanol–water partition coefficient (Wildman–Crippen LogP) is 0.324. The molecule has 0 aliphatic rings. The average Bonchev–Trinajstić information content (AvgIpc) is 2.27. The molecule has 0 saturated carbocycles. The number of nitrogens with one attached hydrogen (secondary N) is 2. The number of aromatic nitrogens is 1. The van der Waals surface area contributed by atoms with Crippen LogP contribution in [0.5, 0.6) is 0 Å². The van der Waals surface area contributed by atoms with Gasteiger partial charge in [-0.15, -0.1) is 0 Å². The first-order valence-corrected chi connectivity index (χ1v) is 5.91. The van der Waals surface area contributed by atoms with Crippen molar-refractivity contribution in [3.8, 4) is 0 Å². The predicted molar refractivity (Wildman–Crippen MR) is 71.7 cm³/mol. The van der Waals surface area contributed by atoms with Gasteiger partial charge < -0.3 is 10.7 Å². The van der Waals surface area contributed by atoms with Crippen molar-refractivity contribution in [1.29, 1.82) is 0 Å². The van der Waals surface area contributed by atoms with Crippen LogP contribution in [0, 0.1) is 0 Å². The van der Waals surface area contributed by atoms with Crippen LogP contribution in [-0.2, 0) is 11.3 Å². The molecule has 100 valence electrons. The third kappa shape index (κ3) is 5.11. The lowest BCUT2D eigenvalue weighted by Crippen LogP contribution is -2.38.